The van der Waals surface area contributed by atoms with Gasteiger partial charge in [0.2, 0.25) is 0 Å². The molecule has 2 unspecified atom stereocenters. The Labute approximate surface area is 196 Å². The fourth-order valence-corrected chi connectivity index (χ4v) is 5.40. The fraction of sp³-hybridized carbons (Fsp3) is 0.125. The van der Waals surface area contributed by atoms with Gasteiger partial charge in [-0.05, 0) is 77.1 Å². The van der Waals surface area contributed by atoms with E-state index in [0.717, 1.165) is 0 Å². The third-order valence-electron chi connectivity index (χ3n) is 7.09. The average Bonchev–Trinajstić information content (AvgIpc) is 3.19. The Bertz CT molecular complexity index is 1390. The normalized spacial score (nSPS) is 18.6. The summed E-state index contributed by atoms with van der Waals surface area (Å²) in [6.45, 7) is 4.40. The standard InChI is InChI=1S/C32H27N/c1-22-10-6-7-13-27(22)29-20-24(17-16-23(29)2)25-18-19-32-30(21-25)28-14-8-9-15-31(28)33(32)26-11-4-3-5-12-26/h3-21,30,32H,1-2H3. The highest BCUT2D eigenvalue weighted by Gasteiger charge is 2.38. The van der Waals surface area contributed by atoms with E-state index in [1.165, 1.54) is 50.3 Å². The van der Waals surface area contributed by atoms with Crippen LogP contribution in [0.2, 0.25) is 0 Å². The van der Waals surface area contributed by atoms with Crippen molar-refractivity contribution in [2.24, 2.45) is 0 Å². The van der Waals surface area contributed by atoms with E-state index >= 15 is 0 Å². The molecule has 2 aliphatic rings. The summed E-state index contributed by atoms with van der Waals surface area (Å²) in [5.41, 5.74) is 11.8. The van der Waals surface area contributed by atoms with E-state index < -0.39 is 0 Å². The average molecular weight is 426 g/mol. The van der Waals surface area contributed by atoms with Crippen molar-refractivity contribution < 1.29 is 0 Å². The van der Waals surface area contributed by atoms with E-state index in [0.29, 0.717) is 12.0 Å². The molecule has 0 saturated heterocycles. The number of rotatable bonds is 3. The molecule has 6 rings (SSSR count). The van der Waals surface area contributed by atoms with Crippen LogP contribution in [0.25, 0.3) is 16.7 Å². The highest BCUT2D eigenvalue weighted by Crippen LogP contribution is 2.49. The summed E-state index contributed by atoms with van der Waals surface area (Å²) in [5, 5.41) is 0. The Morgan fingerprint density at radius 3 is 2.24 bits per heavy atom. The summed E-state index contributed by atoms with van der Waals surface area (Å²) in [7, 11) is 0. The van der Waals surface area contributed by atoms with Crippen LogP contribution in [0.15, 0.2) is 115 Å². The predicted molar refractivity (Wildman–Crippen MR) is 140 cm³/mol. The fourth-order valence-electron chi connectivity index (χ4n) is 5.40. The molecule has 0 bridgehead atoms. The second-order valence-electron chi connectivity index (χ2n) is 9.11. The summed E-state index contributed by atoms with van der Waals surface area (Å²) >= 11 is 0. The third-order valence-corrected chi connectivity index (χ3v) is 7.09. The molecular formula is C32H27N. The van der Waals surface area contributed by atoms with Gasteiger partial charge in [0, 0.05) is 17.3 Å². The highest BCUT2D eigenvalue weighted by atomic mass is 15.2. The lowest BCUT2D eigenvalue weighted by Crippen LogP contribution is -2.28. The minimum atomic E-state index is 0.301. The minimum Gasteiger partial charge on any atom is -0.333 e. The molecule has 1 heteroatoms. The Morgan fingerprint density at radius 1 is 0.667 bits per heavy atom. The van der Waals surface area contributed by atoms with Gasteiger partial charge in [-0.3, -0.25) is 0 Å². The molecule has 33 heavy (non-hydrogen) atoms. The van der Waals surface area contributed by atoms with Gasteiger partial charge in [0.25, 0.3) is 0 Å². The minimum absolute atomic E-state index is 0.301. The van der Waals surface area contributed by atoms with E-state index in [1.807, 2.05) is 0 Å². The number of allylic oxidation sites excluding steroid dienone is 2. The molecule has 0 amide bonds. The lowest BCUT2D eigenvalue weighted by Gasteiger charge is -2.29. The highest BCUT2D eigenvalue weighted by molar-refractivity contribution is 5.84. The SMILES string of the molecule is Cc1ccccc1-c1cc(C2=CC3c4ccccc4N(c4ccccc4)C3C=C2)ccc1C. The zero-order valence-corrected chi connectivity index (χ0v) is 19.1. The maximum atomic E-state index is 2.48. The number of anilines is 2. The molecule has 2 atom stereocenters. The number of benzene rings is 4. The number of nitrogens with zero attached hydrogens (tertiary/aromatic N) is 1. The lowest BCUT2D eigenvalue weighted by molar-refractivity contribution is 0.747. The molecule has 0 fully saturated rings. The molecule has 1 aliphatic heterocycles. The van der Waals surface area contributed by atoms with Crippen LogP contribution in [0.1, 0.15) is 28.2 Å². The first-order valence-corrected chi connectivity index (χ1v) is 11.7. The van der Waals surface area contributed by atoms with E-state index in [9.17, 15) is 0 Å². The molecule has 0 saturated carbocycles. The van der Waals surface area contributed by atoms with Crippen LogP contribution in [0.3, 0.4) is 0 Å². The Morgan fingerprint density at radius 2 is 1.39 bits per heavy atom. The van der Waals surface area contributed by atoms with E-state index in [4.69, 9.17) is 0 Å². The number of para-hydroxylation sites is 2. The zero-order chi connectivity index (χ0) is 22.4. The van der Waals surface area contributed by atoms with Gasteiger partial charge in [-0.15, -0.1) is 0 Å². The molecule has 1 heterocycles. The van der Waals surface area contributed by atoms with Crippen LogP contribution >= 0.6 is 0 Å². The molecule has 4 aromatic rings. The van der Waals surface area contributed by atoms with E-state index in [2.05, 4.69) is 134 Å². The topological polar surface area (TPSA) is 3.24 Å². The van der Waals surface area contributed by atoms with Gasteiger partial charge in [-0.2, -0.15) is 0 Å². The van der Waals surface area contributed by atoms with Crippen LogP contribution in [0.4, 0.5) is 11.4 Å². The third kappa shape index (κ3) is 3.32. The molecule has 0 N–H and O–H groups in total. The van der Waals surface area contributed by atoms with E-state index in [-0.39, 0.29) is 0 Å². The summed E-state index contributed by atoms with van der Waals surface area (Å²) in [4.78, 5) is 2.48. The van der Waals surface area contributed by atoms with Gasteiger partial charge >= 0.3 is 0 Å². The Hall–Kier alpha value is -3.84. The predicted octanol–water partition coefficient (Wildman–Crippen LogP) is 8.23. The lowest BCUT2D eigenvalue weighted by atomic mass is 9.85. The van der Waals surface area contributed by atoms with Crippen molar-refractivity contribution in [3.63, 3.8) is 0 Å². The van der Waals surface area contributed by atoms with Gasteiger partial charge in [0.1, 0.15) is 0 Å². The van der Waals surface area contributed by atoms with Crippen molar-refractivity contribution in [3.8, 4) is 11.1 Å². The van der Waals surface area contributed by atoms with Crippen molar-refractivity contribution >= 4 is 16.9 Å². The smallest absolute Gasteiger partial charge is 0.0630 e. The van der Waals surface area contributed by atoms with Crippen LogP contribution in [0, 0.1) is 13.8 Å². The van der Waals surface area contributed by atoms with Gasteiger partial charge in [-0.1, -0.05) is 91.0 Å². The zero-order valence-electron chi connectivity index (χ0n) is 19.1. The van der Waals surface area contributed by atoms with Gasteiger partial charge in [0.15, 0.2) is 0 Å². The van der Waals surface area contributed by atoms with Crippen LogP contribution in [-0.2, 0) is 0 Å². The number of aryl methyl sites for hydroxylation is 2. The van der Waals surface area contributed by atoms with Gasteiger partial charge in [-0.25, -0.2) is 0 Å². The monoisotopic (exact) mass is 425 g/mol. The summed E-state index contributed by atoms with van der Waals surface area (Å²) < 4.78 is 0. The molecule has 1 nitrogen and oxygen atoms in total. The summed E-state index contributed by atoms with van der Waals surface area (Å²) in [6.07, 6.45) is 7.17. The first-order chi connectivity index (χ1) is 16.2. The Balaban J connectivity index is 1.43. The maximum absolute atomic E-state index is 2.48. The molecule has 0 spiro atoms. The molecule has 0 radical (unpaired) electrons. The molecule has 1 aliphatic carbocycles. The van der Waals surface area contributed by atoms with Crippen molar-refractivity contribution in [1.82, 2.24) is 0 Å². The Kier molecular flexibility index (Phi) is 4.77. The van der Waals surface area contributed by atoms with Crippen molar-refractivity contribution in [2.75, 3.05) is 4.90 Å². The summed E-state index contributed by atoms with van der Waals surface area (Å²) in [5.74, 6) is 0.338. The van der Waals surface area contributed by atoms with Crippen LogP contribution in [0.5, 0.6) is 0 Å². The van der Waals surface area contributed by atoms with Crippen LogP contribution < -0.4 is 4.90 Å². The molecule has 4 aromatic carbocycles. The number of hydrogen-bond acceptors (Lipinski definition) is 1. The van der Waals surface area contributed by atoms with E-state index in [1.54, 1.807) is 0 Å². The summed E-state index contributed by atoms with van der Waals surface area (Å²) in [6, 6.07) is 35.5. The molecule has 160 valence electrons. The number of hydrogen-bond donors (Lipinski definition) is 0. The first-order valence-electron chi connectivity index (χ1n) is 11.7. The van der Waals surface area contributed by atoms with Crippen molar-refractivity contribution in [2.45, 2.75) is 25.8 Å². The quantitative estimate of drug-likeness (QED) is 0.319. The van der Waals surface area contributed by atoms with Crippen molar-refractivity contribution in [3.05, 3.63) is 138 Å². The van der Waals surface area contributed by atoms with Gasteiger partial charge < -0.3 is 4.90 Å². The first kappa shape index (κ1) is 19.8. The second kappa shape index (κ2) is 7.94. The molecular weight excluding hydrogens is 398 g/mol. The maximum Gasteiger partial charge on any atom is 0.0630 e. The largest absolute Gasteiger partial charge is 0.333 e. The molecule has 0 aromatic heterocycles. The second-order valence-corrected chi connectivity index (χ2v) is 9.11. The van der Waals surface area contributed by atoms with Crippen LogP contribution in [-0.4, -0.2) is 6.04 Å². The van der Waals surface area contributed by atoms with Gasteiger partial charge in [0.05, 0.1) is 6.04 Å². The number of fused-ring (bicyclic) bond motifs is 3. The van der Waals surface area contributed by atoms with Crippen molar-refractivity contribution in [1.29, 1.82) is 0 Å².